The van der Waals surface area contributed by atoms with E-state index in [0.29, 0.717) is 12.5 Å². The average Bonchev–Trinajstić information content (AvgIpc) is 2.41. The molecule has 0 heterocycles. The Morgan fingerprint density at radius 2 is 1.67 bits per heavy atom. The summed E-state index contributed by atoms with van der Waals surface area (Å²) in [7, 11) is 2.21. The van der Waals surface area contributed by atoms with Crippen LogP contribution in [-0.4, -0.2) is 35.9 Å². The fourth-order valence-corrected chi connectivity index (χ4v) is 3.61. The summed E-state index contributed by atoms with van der Waals surface area (Å²) in [5, 5.41) is 0. The smallest absolute Gasteiger partial charge is 0.377 e. The molecule has 4 nitrogen and oxygen atoms in total. The number of rotatable bonds is 7. The van der Waals surface area contributed by atoms with Gasteiger partial charge in [-0.1, -0.05) is 24.3 Å². The Kier molecular flexibility index (Phi) is 5.68. The van der Waals surface area contributed by atoms with Gasteiger partial charge in [-0.3, -0.25) is 4.79 Å². The molecule has 1 aromatic carbocycles. The van der Waals surface area contributed by atoms with Crippen molar-refractivity contribution in [3.63, 3.8) is 0 Å². The van der Waals surface area contributed by atoms with E-state index in [1.54, 1.807) is 28.3 Å². The Bertz CT molecular complexity index is 393. The molecule has 0 saturated heterocycles. The highest BCUT2D eigenvalue weighted by Gasteiger charge is 2.37. The summed E-state index contributed by atoms with van der Waals surface area (Å²) < 4.78 is 16.1. The third kappa shape index (κ3) is 3.49. The minimum absolute atomic E-state index is 0.0742. The number of hydrogen-bond acceptors (Lipinski definition) is 4. The van der Waals surface area contributed by atoms with Gasteiger partial charge in [0.15, 0.2) is 5.78 Å². The van der Waals surface area contributed by atoms with Gasteiger partial charge in [-0.25, -0.2) is 0 Å². The molecule has 0 amide bonds. The standard InChI is InChI=1S/C13H20O4Si/c1-11(14)13-8-6-5-7-12(13)9-10-18(15-2,16-3)17-4/h5-8H,9-10H2,1-4H3. The highest BCUT2D eigenvalue weighted by atomic mass is 28.4. The quantitative estimate of drug-likeness (QED) is 0.562. The predicted molar refractivity (Wildman–Crippen MR) is 71.7 cm³/mol. The Balaban J connectivity index is 2.83. The monoisotopic (exact) mass is 268 g/mol. The lowest BCUT2D eigenvalue weighted by atomic mass is 10.0. The molecule has 0 bridgehead atoms. The molecule has 0 N–H and O–H groups in total. The van der Waals surface area contributed by atoms with Gasteiger partial charge in [0.25, 0.3) is 0 Å². The van der Waals surface area contributed by atoms with E-state index < -0.39 is 8.80 Å². The van der Waals surface area contributed by atoms with Crippen molar-refractivity contribution in [1.82, 2.24) is 0 Å². The second-order valence-corrected chi connectivity index (χ2v) is 7.10. The number of ketones is 1. The van der Waals surface area contributed by atoms with Gasteiger partial charge in [0.1, 0.15) is 0 Å². The lowest BCUT2D eigenvalue weighted by molar-refractivity contribution is 0.101. The van der Waals surface area contributed by atoms with E-state index in [1.807, 2.05) is 24.3 Å². The fraction of sp³-hybridized carbons (Fsp3) is 0.462. The molecule has 0 unspecified atom stereocenters. The van der Waals surface area contributed by atoms with Crippen LogP contribution in [0, 0.1) is 0 Å². The number of aryl methyl sites for hydroxylation is 1. The molecular weight excluding hydrogens is 248 g/mol. The van der Waals surface area contributed by atoms with Crippen LogP contribution < -0.4 is 0 Å². The van der Waals surface area contributed by atoms with Crippen molar-refractivity contribution >= 4 is 14.6 Å². The maximum absolute atomic E-state index is 11.5. The van der Waals surface area contributed by atoms with E-state index in [-0.39, 0.29) is 5.78 Å². The number of hydrogen-bond donors (Lipinski definition) is 0. The van der Waals surface area contributed by atoms with Crippen LogP contribution in [0.25, 0.3) is 0 Å². The third-order valence-corrected chi connectivity index (χ3v) is 5.76. The lowest BCUT2D eigenvalue weighted by Gasteiger charge is -2.24. The van der Waals surface area contributed by atoms with Crippen LogP contribution in [0.2, 0.25) is 6.04 Å². The summed E-state index contributed by atoms with van der Waals surface area (Å²) in [6.07, 6.45) is 0.706. The molecule has 5 heteroatoms. The van der Waals surface area contributed by atoms with Gasteiger partial charge in [0.05, 0.1) is 0 Å². The maximum atomic E-state index is 11.5. The lowest BCUT2D eigenvalue weighted by Crippen LogP contribution is -2.43. The molecule has 0 radical (unpaired) electrons. The van der Waals surface area contributed by atoms with E-state index in [1.165, 1.54) is 0 Å². The summed E-state index contributed by atoms with van der Waals surface area (Å²) in [4.78, 5) is 11.5. The second kappa shape index (κ2) is 6.80. The second-order valence-electron chi connectivity index (χ2n) is 4.01. The van der Waals surface area contributed by atoms with Crippen molar-refractivity contribution in [3.8, 4) is 0 Å². The zero-order chi connectivity index (χ0) is 13.6. The maximum Gasteiger partial charge on any atom is 0.500 e. The van der Waals surface area contributed by atoms with E-state index >= 15 is 0 Å². The van der Waals surface area contributed by atoms with Crippen molar-refractivity contribution in [2.75, 3.05) is 21.3 Å². The fourth-order valence-electron chi connectivity index (χ4n) is 1.93. The summed E-state index contributed by atoms with van der Waals surface area (Å²) in [5.74, 6) is 0.0742. The van der Waals surface area contributed by atoms with Crippen molar-refractivity contribution in [1.29, 1.82) is 0 Å². The summed E-state index contributed by atoms with van der Waals surface area (Å²) in [6.45, 7) is 1.58. The van der Waals surface area contributed by atoms with Gasteiger partial charge in [0.2, 0.25) is 0 Å². The van der Waals surface area contributed by atoms with Crippen LogP contribution in [0.3, 0.4) is 0 Å². The molecule has 0 aromatic heterocycles. The first-order valence-electron chi connectivity index (χ1n) is 5.83. The first-order chi connectivity index (χ1) is 8.58. The highest BCUT2D eigenvalue weighted by Crippen LogP contribution is 2.19. The normalized spacial score (nSPS) is 11.6. The van der Waals surface area contributed by atoms with Crippen molar-refractivity contribution in [2.24, 2.45) is 0 Å². The average molecular weight is 268 g/mol. The largest absolute Gasteiger partial charge is 0.500 e. The van der Waals surface area contributed by atoms with Gasteiger partial charge in [-0.2, -0.15) is 0 Å². The summed E-state index contributed by atoms with van der Waals surface area (Å²) in [5.41, 5.74) is 1.76. The van der Waals surface area contributed by atoms with Crippen LogP contribution >= 0.6 is 0 Å². The third-order valence-electron chi connectivity index (χ3n) is 3.03. The van der Waals surface area contributed by atoms with Crippen LogP contribution in [-0.2, 0) is 19.7 Å². The Hall–Kier alpha value is -1.01. The first-order valence-corrected chi connectivity index (χ1v) is 7.76. The topological polar surface area (TPSA) is 44.8 Å². The Morgan fingerprint density at radius 3 is 2.17 bits per heavy atom. The van der Waals surface area contributed by atoms with Crippen molar-refractivity contribution < 1.29 is 18.1 Å². The Labute approximate surface area is 109 Å². The van der Waals surface area contributed by atoms with Gasteiger partial charge in [-0.05, 0) is 18.9 Å². The molecule has 100 valence electrons. The van der Waals surface area contributed by atoms with Crippen molar-refractivity contribution in [3.05, 3.63) is 35.4 Å². The van der Waals surface area contributed by atoms with Gasteiger partial charge < -0.3 is 13.3 Å². The van der Waals surface area contributed by atoms with E-state index in [9.17, 15) is 4.79 Å². The molecular formula is C13H20O4Si. The zero-order valence-electron chi connectivity index (χ0n) is 11.4. The first kappa shape index (κ1) is 15.0. The van der Waals surface area contributed by atoms with Crippen LogP contribution in [0.5, 0.6) is 0 Å². The van der Waals surface area contributed by atoms with Crippen molar-refractivity contribution in [2.45, 2.75) is 19.4 Å². The van der Waals surface area contributed by atoms with E-state index in [2.05, 4.69) is 0 Å². The molecule has 0 aliphatic carbocycles. The van der Waals surface area contributed by atoms with Crippen LogP contribution in [0.15, 0.2) is 24.3 Å². The molecule has 0 aliphatic rings. The Morgan fingerprint density at radius 1 is 1.11 bits per heavy atom. The molecule has 1 rings (SSSR count). The van der Waals surface area contributed by atoms with Gasteiger partial charge in [-0.15, -0.1) is 0 Å². The predicted octanol–water partition coefficient (Wildman–Crippen LogP) is 2.31. The molecule has 0 spiro atoms. The number of benzene rings is 1. The molecule has 0 saturated carbocycles. The molecule has 0 fully saturated rings. The van der Waals surface area contributed by atoms with Crippen LogP contribution in [0.4, 0.5) is 0 Å². The van der Waals surface area contributed by atoms with E-state index in [4.69, 9.17) is 13.3 Å². The summed E-state index contributed by atoms with van der Waals surface area (Å²) >= 11 is 0. The SMILES string of the molecule is CO[Si](CCc1ccccc1C(C)=O)(OC)OC. The number of carbonyl (C=O) groups excluding carboxylic acids is 1. The van der Waals surface area contributed by atoms with Gasteiger partial charge in [0, 0.05) is 32.9 Å². The zero-order valence-corrected chi connectivity index (χ0v) is 12.4. The molecule has 1 aromatic rings. The number of Topliss-reactive ketones (excluding diaryl/α,β-unsaturated/α-hetero) is 1. The highest BCUT2D eigenvalue weighted by molar-refractivity contribution is 6.60. The number of carbonyl (C=O) groups is 1. The minimum Gasteiger partial charge on any atom is -0.377 e. The van der Waals surface area contributed by atoms with Gasteiger partial charge >= 0.3 is 8.80 Å². The summed E-state index contributed by atoms with van der Waals surface area (Å²) in [6, 6.07) is 8.25. The minimum atomic E-state index is -2.57. The molecule has 0 atom stereocenters. The van der Waals surface area contributed by atoms with E-state index in [0.717, 1.165) is 11.1 Å². The molecule has 0 aliphatic heterocycles. The molecule has 18 heavy (non-hydrogen) atoms. The van der Waals surface area contributed by atoms with Crippen LogP contribution in [0.1, 0.15) is 22.8 Å².